The van der Waals surface area contributed by atoms with E-state index in [0.29, 0.717) is 0 Å². The molecule has 0 bridgehead atoms. The lowest BCUT2D eigenvalue weighted by Gasteiger charge is -2.22. The van der Waals surface area contributed by atoms with Crippen LogP contribution in [0.1, 0.15) is 24.2 Å². The second-order valence-electron chi connectivity index (χ2n) is 3.84. The molecule has 2 aromatic rings. The van der Waals surface area contributed by atoms with Crippen molar-refractivity contribution in [2.45, 2.75) is 29.0 Å². The smallest absolute Gasteiger partial charge is 0.174 e. The van der Waals surface area contributed by atoms with Crippen LogP contribution >= 0.6 is 39.0 Å². The van der Waals surface area contributed by atoms with Gasteiger partial charge in [-0.2, -0.15) is 0 Å². The molecule has 6 heteroatoms. The van der Waals surface area contributed by atoms with Crippen LogP contribution in [0.4, 0.5) is 0 Å². The maximum atomic E-state index is 6.25. The van der Waals surface area contributed by atoms with Crippen molar-refractivity contribution >= 4 is 39.0 Å². The zero-order valence-electron chi connectivity index (χ0n) is 9.91. The van der Waals surface area contributed by atoms with Crippen LogP contribution in [-0.4, -0.2) is 16.2 Å². The molecule has 0 aliphatic heterocycles. The summed E-state index contributed by atoms with van der Waals surface area (Å²) in [6.07, 6.45) is 0.928. The molecular weight excluding hydrogens is 330 g/mol. The van der Waals surface area contributed by atoms with Gasteiger partial charge in [0, 0.05) is 10.5 Å². The molecule has 2 rings (SSSR count). The van der Waals surface area contributed by atoms with Crippen molar-refractivity contribution in [1.29, 1.82) is 0 Å². The molecule has 0 fully saturated rings. The van der Waals surface area contributed by atoms with Gasteiger partial charge in [-0.15, -0.1) is 10.2 Å². The van der Waals surface area contributed by atoms with Gasteiger partial charge in [-0.25, -0.2) is 0 Å². The SMILES string of the molecule is CCC(N)C(Sc1nncs1)c1ccccc1Br. The van der Waals surface area contributed by atoms with Gasteiger partial charge in [-0.05, 0) is 18.1 Å². The van der Waals surface area contributed by atoms with E-state index in [-0.39, 0.29) is 11.3 Å². The highest BCUT2D eigenvalue weighted by Crippen LogP contribution is 2.41. The van der Waals surface area contributed by atoms with Crippen LogP contribution < -0.4 is 5.73 Å². The van der Waals surface area contributed by atoms with Gasteiger partial charge in [0.15, 0.2) is 4.34 Å². The molecule has 0 aliphatic carbocycles. The molecule has 1 aromatic carbocycles. The Bertz CT molecular complexity index is 490. The summed E-state index contributed by atoms with van der Waals surface area (Å²) < 4.78 is 2.05. The van der Waals surface area contributed by atoms with E-state index in [4.69, 9.17) is 5.73 Å². The van der Waals surface area contributed by atoms with Crippen LogP contribution in [0.5, 0.6) is 0 Å². The fraction of sp³-hybridized carbons (Fsp3) is 0.333. The van der Waals surface area contributed by atoms with Crippen LogP contribution in [0.2, 0.25) is 0 Å². The minimum Gasteiger partial charge on any atom is -0.326 e. The molecule has 0 saturated carbocycles. The summed E-state index contributed by atoms with van der Waals surface area (Å²) in [6.45, 7) is 2.11. The van der Waals surface area contributed by atoms with Crippen LogP contribution in [-0.2, 0) is 0 Å². The van der Waals surface area contributed by atoms with Gasteiger partial charge >= 0.3 is 0 Å². The monoisotopic (exact) mass is 343 g/mol. The first-order valence-corrected chi connectivity index (χ1v) is 8.20. The van der Waals surface area contributed by atoms with Gasteiger partial charge in [0.25, 0.3) is 0 Å². The van der Waals surface area contributed by atoms with Gasteiger partial charge in [0.1, 0.15) is 5.51 Å². The number of thioether (sulfide) groups is 1. The summed E-state index contributed by atoms with van der Waals surface area (Å²) in [5, 5.41) is 8.15. The van der Waals surface area contributed by atoms with Gasteiger partial charge in [0.2, 0.25) is 0 Å². The second-order valence-corrected chi connectivity index (χ2v) is 6.91. The Morgan fingerprint density at radius 2 is 2.22 bits per heavy atom. The first-order chi connectivity index (χ1) is 8.72. The largest absolute Gasteiger partial charge is 0.326 e. The zero-order valence-corrected chi connectivity index (χ0v) is 13.1. The summed E-state index contributed by atoms with van der Waals surface area (Å²) in [5.41, 5.74) is 9.21. The molecule has 2 atom stereocenters. The van der Waals surface area contributed by atoms with E-state index in [1.54, 1.807) is 28.6 Å². The number of hydrogen-bond acceptors (Lipinski definition) is 5. The highest BCUT2D eigenvalue weighted by Gasteiger charge is 2.23. The Morgan fingerprint density at radius 1 is 1.44 bits per heavy atom. The minimum absolute atomic E-state index is 0.0950. The van der Waals surface area contributed by atoms with Crippen molar-refractivity contribution in [2.24, 2.45) is 5.73 Å². The average Bonchev–Trinajstić information content (AvgIpc) is 2.89. The maximum absolute atomic E-state index is 6.25. The van der Waals surface area contributed by atoms with Gasteiger partial charge in [-0.3, -0.25) is 0 Å². The molecule has 1 heterocycles. The van der Waals surface area contributed by atoms with Gasteiger partial charge in [0.05, 0.1) is 5.25 Å². The van der Waals surface area contributed by atoms with Crippen molar-refractivity contribution in [3.63, 3.8) is 0 Å². The highest BCUT2D eigenvalue weighted by molar-refractivity contribution is 9.10. The van der Waals surface area contributed by atoms with E-state index in [9.17, 15) is 0 Å². The third-order valence-corrected chi connectivity index (χ3v) is 5.56. The number of nitrogens with zero attached hydrogens (tertiary/aromatic N) is 2. The number of rotatable bonds is 5. The summed E-state index contributed by atoms with van der Waals surface area (Å²) in [5.74, 6) is 0. The fourth-order valence-corrected chi connectivity index (χ4v) is 4.26. The Kier molecular flexibility index (Phi) is 5.17. The Labute approximate surface area is 123 Å². The summed E-state index contributed by atoms with van der Waals surface area (Å²) in [4.78, 5) is 0. The standard InChI is InChI=1S/C12H14BrN3S2/c1-2-10(14)11(18-12-16-15-7-17-12)8-5-3-4-6-9(8)13/h3-7,10-11H,2,14H2,1H3. The molecule has 0 spiro atoms. The summed E-state index contributed by atoms with van der Waals surface area (Å²) in [7, 11) is 0. The average molecular weight is 344 g/mol. The normalized spacial score (nSPS) is 14.4. The number of halogens is 1. The fourth-order valence-electron chi connectivity index (χ4n) is 1.62. The minimum atomic E-state index is 0.0950. The van der Waals surface area contributed by atoms with Crippen LogP contribution in [0, 0.1) is 0 Å². The quantitative estimate of drug-likeness (QED) is 0.837. The van der Waals surface area contributed by atoms with E-state index in [1.165, 1.54) is 5.56 Å². The number of benzene rings is 1. The maximum Gasteiger partial charge on any atom is 0.174 e. The molecule has 1 aromatic heterocycles. The third-order valence-electron chi connectivity index (χ3n) is 2.64. The summed E-state index contributed by atoms with van der Waals surface area (Å²) >= 11 is 6.83. The van der Waals surface area contributed by atoms with Crippen LogP contribution in [0.25, 0.3) is 0 Å². The molecule has 2 N–H and O–H groups in total. The highest BCUT2D eigenvalue weighted by atomic mass is 79.9. The molecule has 0 radical (unpaired) electrons. The van der Waals surface area contributed by atoms with Crippen molar-refractivity contribution in [3.05, 3.63) is 39.8 Å². The van der Waals surface area contributed by atoms with E-state index >= 15 is 0 Å². The van der Waals surface area contributed by atoms with E-state index in [2.05, 4.69) is 39.1 Å². The molecule has 0 amide bonds. The van der Waals surface area contributed by atoms with Gasteiger partial charge < -0.3 is 5.73 Å². The molecule has 0 saturated heterocycles. The lowest BCUT2D eigenvalue weighted by molar-refractivity contribution is 0.632. The summed E-state index contributed by atoms with van der Waals surface area (Å²) in [6, 6.07) is 8.30. The molecular formula is C12H14BrN3S2. The molecule has 2 unspecified atom stereocenters. The van der Waals surface area contributed by atoms with E-state index in [1.807, 2.05) is 18.2 Å². The Morgan fingerprint density at radius 3 is 2.83 bits per heavy atom. The van der Waals surface area contributed by atoms with Crippen molar-refractivity contribution < 1.29 is 0 Å². The predicted octanol–water partition coefficient (Wildman–Crippen LogP) is 3.87. The number of hydrogen-bond donors (Lipinski definition) is 1. The lowest BCUT2D eigenvalue weighted by atomic mass is 10.0. The predicted molar refractivity (Wildman–Crippen MR) is 80.9 cm³/mol. The molecule has 18 heavy (non-hydrogen) atoms. The van der Waals surface area contributed by atoms with E-state index < -0.39 is 0 Å². The van der Waals surface area contributed by atoms with Crippen molar-refractivity contribution in [1.82, 2.24) is 10.2 Å². The molecule has 96 valence electrons. The van der Waals surface area contributed by atoms with Gasteiger partial charge in [-0.1, -0.05) is 64.2 Å². The Balaban J connectivity index is 2.28. The molecule has 3 nitrogen and oxygen atoms in total. The molecule has 0 aliphatic rings. The third kappa shape index (κ3) is 3.32. The first-order valence-electron chi connectivity index (χ1n) is 5.65. The van der Waals surface area contributed by atoms with Crippen LogP contribution in [0.3, 0.4) is 0 Å². The number of aromatic nitrogens is 2. The van der Waals surface area contributed by atoms with E-state index in [0.717, 1.165) is 15.2 Å². The second kappa shape index (κ2) is 6.65. The Hall–Kier alpha value is -0.430. The first kappa shape index (κ1) is 14.0. The van der Waals surface area contributed by atoms with Crippen LogP contribution in [0.15, 0.2) is 38.6 Å². The number of nitrogens with two attached hydrogens (primary N) is 1. The lowest BCUT2D eigenvalue weighted by Crippen LogP contribution is -2.25. The van der Waals surface area contributed by atoms with Crippen molar-refractivity contribution in [3.8, 4) is 0 Å². The van der Waals surface area contributed by atoms with Crippen molar-refractivity contribution in [2.75, 3.05) is 0 Å². The topological polar surface area (TPSA) is 51.8 Å². The zero-order chi connectivity index (χ0) is 13.0.